The zero-order chi connectivity index (χ0) is 13.9. The lowest BCUT2D eigenvalue weighted by molar-refractivity contribution is -0.120. The van der Waals surface area contributed by atoms with Crippen molar-refractivity contribution in [3.05, 3.63) is 10.6 Å². The highest BCUT2D eigenvalue weighted by molar-refractivity contribution is 7.15. The second kappa shape index (κ2) is 5.34. The molecule has 0 spiro atoms. The summed E-state index contributed by atoms with van der Waals surface area (Å²) in [6, 6.07) is 0. The zero-order valence-corrected chi connectivity index (χ0v) is 11.6. The van der Waals surface area contributed by atoms with Gasteiger partial charge in [-0.1, -0.05) is 0 Å². The molecule has 0 atom stereocenters. The lowest BCUT2D eigenvalue weighted by atomic mass is 10.1. The maximum Gasteiger partial charge on any atom is 0.355 e. The Hall–Kier alpha value is -1.63. The quantitative estimate of drug-likeness (QED) is 0.771. The van der Waals surface area contributed by atoms with Gasteiger partial charge in [0, 0.05) is 10.4 Å². The van der Waals surface area contributed by atoms with Crippen LogP contribution in [-0.4, -0.2) is 34.1 Å². The second-order valence-electron chi connectivity index (χ2n) is 4.88. The molecule has 0 saturated carbocycles. The van der Waals surface area contributed by atoms with Crippen molar-refractivity contribution in [2.45, 2.75) is 33.2 Å². The molecule has 0 aliphatic heterocycles. The molecule has 0 aromatic carbocycles. The summed E-state index contributed by atoms with van der Waals surface area (Å²) in [7, 11) is 0. The summed E-state index contributed by atoms with van der Waals surface area (Å²) in [5, 5.41) is 14.9. The molecule has 7 heteroatoms. The van der Waals surface area contributed by atoms with Crippen molar-refractivity contribution in [2.24, 2.45) is 0 Å². The molecule has 1 rings (SSSR count). The van der Waals surface area contributed by atoms with Crippen LogP contribution < -0.4 is 10.6 Å². The monoisotopic (exact) mass is 271 g/mol. The molecule has 100 valence electrons. The van der Waals surface area contributed by atoms with Gasteiger partial charge in [-0.3, -0.25) is 4.79 Å². The number of thiazole rings is 1. The van der Waals surface area contributed by atoms with E-state index in [1.165, 1.54) is 11.3 Å². The molecule has 6 nitrogen and oxygen atoms in total. The van der Waals surface area contributed by atoms with Gasteiger partial charge in [0.15, 0.2) is 10.8 Å². The first-order valence-electron chi connectivity index (χ1n) is 5.44. The molecule has 1 aromatic heterocycles. The maximum absolute atomic E-state index is 11.5. The molecule has 0 aliphatic carbocycles. The summed E-state index contributed by atoms with van der Waals surface area (Å²) in [5.41, 5.74) is -0.261. The van der Waals surface area contributed by atoms with E-state index in [1.54, 1.807) is 6.92 Å². The predicted octanol–water partition coefficient (Wildman–Crippen LogP) is 1.48. The Morgan fingerprint density at radius 3 is 2.44 bits per heavy atom. The van der Waals surface area contributed by atoms with E-state index in [2.05, 4.69) is 15.6 Å². The topological polar surface area (TPSA) is 91.3 Å². The molecule has 18 heavy (non-hydrogen) atoms. The summed E-state index contributed by atoms with van der Waals surface area (Å²) in [4.78, 5) is 26.9. The summed E-state index contributed by atoms with van der Waals surface area (Å²) in [6.45, 7) is 7.42. The third-order valence-electron chi connectivity index (χ3n) is 1.91. The number of anilines is 1. The Labute approximate surface area is 109 Å². The van der Waals surface area contributed by atoms with Gasteiger partial charge in [-0.15, -0.1) is 11.3 Å². The van der Waals surface area contributed by atoms with Gasteiger partial charge in [-0.05, 0) is 27.7 Å². The van der Waals surface area contributed by atoms with Crippen molar-refractivity contribution < 1.29 is 14.7 Å². The Kier molecular flexibility index (Phi) is 4.28. The number of hydrogen-bond acceptors (Lipinski definition) is 5. The molecule has 0 fully saturated rings. The molecule has 0 bridgehead atoms. The third-order valence-corrected chi connectivity index (χ3v) is 2.84. The van der Waals surface area contributed by atoms with Crippen molar-refractivity contribution in [2.75, 3.05) is 11.9 Å². The number of carbonyl (C=O) groups excluding carboxylic acids is 1. The third kappa shape index (κ3) is 4.33. The average molecular weight is 271 g/mol. The van der Waals surface area contributed by atoms with Gasteiger partial charge in [0.1, 0.15) is 0 Å². The van der Waals surface area contributed by atoms with Gasteiger partial charge in [-0.25, -0.2) is 9.78 Å². The molecular weight excluding hydrogens is 254 g/mol. The van der Waals surface area contributed by atoms with Crippen LogP contribution in [0.1, 0.15) is 36.1 Å². The van der Waals surface area contributed by atoms with Gasteiger partial charge in [0.25, 0.3) is 0 Å². The van der Waals surface area contributed by atoms with Crippen LogP contribution in [0.4, 0.5) is 5.13 Å². The van der Waals surface area contributed by atoms with Crippen LogP contribution in [0.15, 0.2) is 0 Å². The lowest BCUT2D eigenvalue weighted by Crippen LogP contribution is -2.43. The van der Waals surface area contributed by atoms with E-state index in [-0.39, 0.29) is 23.7 Å². The van der Waals surface area contributed by atoms with Gasteiger partial charge >= 0.3 is 5.97 Å². The van der Waals surface area contributed by atoms with E-state index in [4.69, 9.17) is 5.11 Å². The first-order chi connectivity index (χ1) is 8.19. The first-order valence-corrected chi connectivity index (χ1v) is 6.26. The van der Waals surface area contributed by atoms with Gasteiger partial charge in [0.2, 0.25) is 5.91 Å². The van der Waals surface area contributed by atoms with Crippen LogP contribution in [-0.2, 0) is 4.79 Å². The summed E-state index contributed by atoms with van der Waals surface area (Å²) in [5.74, 6) is -1.22. The molecule has 0 radical (unpaired) electrons. The smallest absolute Gasteiger partial charge is 0.355 e. The van der Waals surface area contributed by atoms with E-state index < -0.39 is 5.97 Å². The fourth-order valence-electron chi connectivity index (χ4n) is 1.29. The molecule has 1 heterocycles. The Morgan fingerprint density at radius 1 is 1.39 bits per heavy atom. The highest BCUT2D eigenvalue weighted by Crippen LogP contribution is 2.21. The van der Waals surface area contributed by atoms with E-state index in [0.717, 1.165) is 0 Å². The zero-order valence-electron chi connectivity index (χ0n) is 10.8. The number of amides is 1. The van der Waals surface area contributed by atoms with Crippen molar-refractivity contribution in [1.82, 2.24) is 10.3 Å². The molecule has 1 aromatic rings. The number of aromatic carboxylic acids is 1. The van der Waals surface area contributed by atoms with E-state index in [1.807, 2.05) is 20.8 Å². The number of hydrogen-bond donors (Lipinski definition) is 3. The van der Waals surface area contributed by atoms with Crippen LogP contribution in [0.3, 0.4) is 0 Å². The number of carbonyl (C=O) groups is 2. The van der Waals surface area contributed by atoms with Crippen molar-refractivity contribution in [3.8, 4) is 0 Å². The Balaban J connectivity index is 2.57. The average Bonchev–Trinajstić information content (AvgIpc) is 2.54. The highest BCUT2D eigenvalue weighted by Gasteiger charge is 2.16. The number of carboxylic acids is 1. The normalized spacial score (nSPS) is 11.1. The van der Waals surface area contributed by atoms with E-state index in [0.29, 0.717) is 10.0 Å². The number of aromatic nitrogens is 1. The Morgan fingerprint density at radius 2 is 2.00 bits per heavy atom. The fraction of sp³-hybridized carbons (Fsp3) is 0.545. The lowest BCUT2D eigenvalue weighted by Gasteiger charge is -2.20. The summed E-state index contributed by atoms with van der Waals surface area (Å²) in [6.07, 6.45) is 0. The minimum absolute atomic E-state index is 0.0266. The fourth-order valence-corrected chi connectivity index (χ4v) is 2.09. The molecule has 1 amide bonds. The van der Waals surface area contributed by atoms with Crippen LogP contribution in [0.25, 0.3) is 0 Å². The maximum atomic E-state index is 11.5. The number of carboxylic acid groups (broad SMARTS) is 1. The number of nitrogens with zero attached hydrogens (tertiary/aromatic N) is 1. The molecule has 0 unspecified atom stereocenters. The van der Waals surface area contributed by atoms with Crippen LogP contribution in [0, 0.1) is 6.92 Å². The van der Waals surface area contributed by atoms with Crippen molar-refractivity contribution in [1.29, 1.82) is 0 Å². The predicted molar refractivity (Wildman–Crippen MR) is 70.2 cm³/mol. The number of aryl methyl sites for hydroxylation is 1. The summed E-state index contributed by atoms with van der Waals surface area (Å²) < 4.78 is 0. The largest absolute Gasteiger partial charge is 0.476 e. The van der Waals surface area contributed by atoms with Crippen molar-refractivity contribution >= 4 is 28.3 Å². The molecule has 3 N–H and O–H groups in total. The standard InChI is InChI=1S/C11H17N3O3S/c1-6-8(9(16)17)13-10(18-6)12-5-7(15)14-11(2,3)4/h5H2,1-4H3,(H,12,13)(H,14,15)(H,16,17). The number of rotatable bonds is 4. The second-order valence-corrected chi connectivity index (χ2v) is 6.08. The van der Waals surface area contributed by atoms with E-state index in [9.17, 15) is 9.59 Å². The van der Waals surface area contributed by atoms with Crippen LogP contribution in [0.2, 0.25) is 0 Å². The SMILES string of the molecule is Cc1sc(NCC(=O)NC(C)(C)C)nc1C(=O)O. The molecular formula is C11H17N3O3S. The molecule has 0 aliphatic rings. The van der Waals surface area contributed by atoms with Gasteiger partial charge < -0.3 is 15.7 Å². The Bertz CT molecular complexity index is 463. The summed E-state index contributed by atoms with van der Waals surface area (Å²) >= 11 is 1.22. The van der Waals surface area contributed by atoms with Gasteiger partial charge in [0.05, 0.1) is 6.54 Å². The van der Waals surface area contributed by atoms with Crippen LogP contribution in [0.5, 0.6) is 0 Å². The first kappa shape index (κ1) is 14.4. The van der Waals surface area contributed by atoms with Crippen LogP contribution >= 0.6 is 11.3 Å². The highest BCUT2D eigenvalue weighted by atomic mass is 32.1. The minimum Gasteiger partial charge on any atom is -0.476 e. The van der Waals surface area contributed by atoms with Crippen molar-refractivity contribution in [3.63, 3.8) is 0 Å². The van der Waals surface area contributed by atoms with Gasteiger partial charge in [-0.2, -0.15) is 0 Å². The van der Waals surface area contributed by atoms with E-state index >= 15 is 0 Å². The number of nitrogens with one attached hydrogen (secondary N) is 2. The molecule has 0 saturated heterocycles. The minimum atomic E-state index is -1.06.